The average molecular weight is 1380 g/mol. The molecule has 0 atom stereocenters. The van der Waals surface area contributed by atoms with Crippen molar-refractivity contribution in [3.8, 4) is 0 Å². The quantitative estimate of drug-likeness (QED) is 0.204. The molecule has 60 heteroatoms. The van der Waals surface area contributed by atoms with Crippen LogP contribution in [0.2, 0.25) is 0 Å². The molecule has 30 nitrogen and oxygen atoms in total. The van der Waals surface area contributed by atoms with Crippen molar-refractivity contribution in [2.45, 2.75) is 0 Å². The molecule has 0 amide bonds. The Kier molecular flexibility index (Phi) is 63.8. The zero-order chi connectivity index (χ0) is 42.4. The van der Waals surface area contributed by atoms with E-state index in [0.717, 1.165) is 0 Å². The summed E-state index contributed by atoms with van der Waals surface area (Å²) in [6.07, 6.45) is 0. The van der Waals surface area contributed by atoms with Crippen molar-refractivity contribution in [1.82, 2.24) is 0 Å². The van der Waals surface area contributed by atoms with Crippen molar-refractivity contribution >= 4 is 300 Å². The van der Waals surface area contributed by atoms with Gasteiger partial charge >= 0.3 is 0 Å². The highest BCUT2D eigenvalue weighted by molar-refractivity contribution is 6.54. The van der Waals surface area contributed by atoms with E-state index in [1.165, 1.54) is 0 Å². The van der Waals surface area contributed by atoms with Crippen molar-refractivity contribution < 1.29 is 123 Å². The Hall–Kier alpha value is 5.31. The Morgan fingerprint density at radius 3 is 0.117 bits per heavy atom. The first-order valence-corrected chi connectivity index (χ1v) is 52.0. The van der Waals surface area contributed by atoms with Gasteiger partial charge < -0.3 is 123 Å². The van der Waals surface area contributed by atoms with E-state index < -0.39 is 300 Å². The van der Waals surface area contributed by atoms with Crippen molar-refractivity contribution in [3.63, 3.8) is 0 Å². The normalized spacial score (nSPS) is 36.0. The summed E-state index contributed by atoms with van der Waals surface area (Å²) in [6, 6.07) is 0. The minimum Gasteiger partial charge on any atom is -0.425 e. The Balaban J connectivity index is 0.000000333. The summed E-state index contributed by atoms with van der Waals surface area (Å²) < 4.78 is 148. The largest absolute Gasteiger partial charge is 0.425 e. The Bertz CT molecular complexity index is 414. The number of rotatable bonds is 0. The molecule has 10 aliphatic heterocycles. The van der Waals surface area contributed by atoms with Crippen molar-refractivity contribution in [1.29, 1.82) is 0 Å². The molecule has 10 fully saturated rings. The summed E-state index contributed by atoms with van der Waals surface area (Å²) in [5.41, 5.74) is 0. The highest BCUT2D eigenvalue weighted by Gasteiger charge is 2.02. The van der Waals surface area contributed by atoms with E-state index in [2.05, 4.69) is 0 Å². The molecule has 0 aromatic rings. The minimum atomic E-state index is -0.493. The highest BCUT2D eigenvalue weighted by atomic mass is 28.4. The Morgan fingerprint density at radius 1 is 0.0667 bits per heavy atom. The first-order chi connectivity index (χ1) is 30.0. The first kappa shape index (κ1) is 63.3. The monoisotopic (exact) mass is 1380 g/mol. The maximum atomic E-state index is 4.94. The molecule has 0 aromatic carbocycles. The fraction of sp³-hybridized carbons (Fsp3) is 0. The van der Waals surface area contributed by atoms with E-state index in [9.17, 15) is 0 Å². The molecular formula is H60O30Si30. The molecular weight excluding hydrogens is 1320 g/mol. The van der Waals surface area contributed by atoms with Gasteiger partial charge in [0.15, 0.2) is 0 Å². The van der Waals surface area contributed by atoms with E-state index in [-0.39, 0.29) is 0 Å². The van der Waals surface area contributed by atoms with Crippen LogP contribution in [-0.4, -0.2) is 300 Å². The SMILES string of the molecule is O1[SiH2]O[SiH2]O[SiH2]1.O1[SiH2]O[SiH2]O[SiH2]1.O1[SiH2]O[SiH2]O[SiH2]1.O1[SiH2]O[SiH2]O[SiH2]1.O1[SiH2]O[SiH2]O[SiH2]1.O1[SiH2]O[SiH2]O[SiH2]1.O1[SiH2]O[SiH2]O[SiH2]1.O1[SiH2]O[SiH2]O[SiH2]1.O1[SiH2]O[SiH2]O[SiH2]1.O1[SiH2]O[SiH2]O[SiH2]1. The van der Waals surface area contributed by atoms with Gasteiger partial charge in [-0.05, 0) is 0 Å². The molecule has 10 aliphatic rings. The van der Waals surface area contributed by atoms with Gasteiger partial charge in [0.1, 0.15) is 0 Å². The van der Waals surface area contributed by atoms with E-state index in [0.29, 0.717) is 0 Å². The van der Waals surface area contributed by atoms with E-state index in [4.69, 9.17) is 123 Å². The summed E-state index contributed by atoms with van der Waals surface area (Å²) in [5.74, 6) is 0. The number of hydrogen-bond donors (Lipinski definition) is 0. The molecule has 10 heterocycles. The van der Waals surface area contributed by atoms with Gasteiger partial charge in [-0.25, -0.2) is 0 Å². The van der Waals surface area contributed by atoms with Crippen LogP contribution in [0.3, 0.4) is 0 Å². The van der Waals surface area contributed by atoms with Crippen LogP contribution in [0.1, 0.15) is 0 Å². The molecule has 0 saturated carbocycles. The molecule has 10 saturated heterocycles. The van der Waals surface area contributed by atoms with Gasteiger partial charge in [-0.1, -0.05) is 0 Å². The van der Waals surface area contributed by atoms with Gasteiger partial charge in [0, 0.05) is 0 Å². The third-order valence-electron chi connectivity index (χ3n) is 5.00. The Morgan fingerprint density at radius 2 is 0.100 bits per heavy atom. The summed E-state index contributed by atoms with van der Waals surface area (Å²) in [5, 5.41) is 0. The number of hydrogen-bond acceptors (Lipinski definition) is 30. The summed E-state index contributed by atoms with van der Waals surface area (Å²) >= 11 is 0. The van der Waals surface area contributed by atoms with E-state index in [1.807, 2.05) is 0 Å². The van der Waals surface area contributed by atoms with Crippen LogP contribution in [0.15, 0.2) is 0 Å². The van der Waals surface area contributed by atoms with Gasteiger partial charge in [0.05, 0.1) is 0 Å². The summed E-state index contributed by atoms with van der Waals surface area (Å²) in [4.78, 5) is 0. The third kappa shape index (κ3) is 57.6. The van der Waals surface area contributed by atoms with Crippen LogP contribution < -0.4 is 0 Å². The maximum absolute atomic E-state index is 4.94. The lowest BCUT2D eigenvalue weighted by Crippen LogP contribution is -2.23. The van der Waals surface area contributed by atoms with Crippen molar-refractivity contribution in [2.75, 3.05) is 0 Å². The molecule has 0 radical (unpaired) electrons. The van der Waals surface area contributed by atoms with Crippen LogP contribution in [0, 0.1) is 0 Å². The molecule has 0 N–H and O–H groups in total. The molecule has 60 heavy (non-hydrogen) atoms. The second kappa shape index (κ2) is 60.4. The first-order valence-electron chi connectivity index (χ1n) is 17.3. The molecule has 0 bridgehead atoms. The van der Waals surface area contributed by atoms with Crippen LogP contribution in [0.5, 0.6) is 0 Å². The standard InChI is InChI=1S/10H6O3Si3/c10*1-4-2-6-3-5-1/h10*4-6H2. The second-order valence-corrected chi connectivity index (χ2v) is 65.7. The zero-order valence-electron chi connectivity index (χ0n) is 33.5. The lowest BCUT2D eigenvalue weighted by Gasteiger charge is -2.10. The van der Waals surface area contributed by atoms with Crippen LogP contribution in [0.25, 0.3) is 0 Å². The predicted molar refractivity (Wildman–Crippen MR) is 289 cm³/mol. The molecule has 0 aromatic heterocycles. The predicted octanol–water partition coefficient (Wildman–Crippen LogP) is -29.5. The molecule has 10 rings (SSSR count). The van der Waals surface area contributed by atoms with Crippen LogP contribution in [-0.2, 0) is 123 Å². The lowest BCUT2D eigenvalue weighted by atomic mass is 15.7. The molecule has 0 aliphatic carbocycles. The average Bonchev–Trinajstić information content (AvgIpc) is 3.41. The van der Waals surface area contributed by atoms with E-state index >= 15 is 0 Å². The smallest absolute Gasteiger partial charge is 0.286 e. The fourth-order valence-corrected chi connectivity index (χ4v) is 56.9. The van der Waals surface area contributed by atoms with Gasteiger partial charge in [0.25, 0.3) is 300 Å². The summed E-state index contributed by atoms with van der Waals surface area (Å²) in [7, 11) is -14.8. The molecule has 360 valence electrons. The van der Waals surface area contributed by atoms with Gasteiger partial charge in [-0.15, -0.1) is 0 Å². The van der Waals surface area contributed by atoms with E-state index in [1.54, 1.807) is 0 Å². The van der Waals surface area contributed by atoms with Gasteiger partial charge in [-0.2, -0.15) is 0 Å². The molecule has 0 spiro atoms. The maximum Gasteiger partial charge on any atom is 0.286 e. The topological polar surface area (TPSA) is 277 Å². The van der Waals surface area contributed by atoms with Crippen molar-refractivity contribution in [2.24, 2.45) is 0 Å². The molecule has 0 unspecified atom stereocenters. The zero-order valence-corrected chi connectivity index (χ0v) is 75.9. The fourth-order valence-electron chi connectivity index (χ4n) is 2.79. The van der Waals surface area contributed by atoms with Crippen molar-refractivity contribution in [3.05, 3.63) is 0 Å². The highest BCUT2D eigenvalue weighted by Crippen LogP contribution is 1.84. The summed E-state index contributed by atoms with van der Waals surface area (Å²) in [6.45, 7) is 0. The van der Waals surface area contributed by atoms with Gasteiger partial charge in [-0.3, -0.25) is 0 Å². The second-order valence-electron chi connectivity index (χ2n) is 9.66. The third-order valence-corrected chi connectivity index (χ3v) is 45.0. The van der Waals surface area contributed by atoms with Crippen LogP contribution in [0.4, 0.5) is 0 Å². The Labute approximate surface area is 419 Å². The van der Waals surface area contributed by atoms with Crippen LogP contribution >= 0.6 is 0 Å². The lowest BCUT2D eigenvalue weighted by molar-refractivity contribution is 0.346. The minimum absolute atomic E-state index is 0.493. The van der Waals surface area contributed by atoms with Gasteiger partial charge in [0.2, 0.25) is 0 Å².